The van der Waals surface area contributed by atoms with Crippen LogP contribution in [0.25, 0.3) is 0 Å². The van der Waals surface area contributed by atoms with Crippen molar-refractivity contribution in [3.63, 3.8) is 0 Å². The minimum absolute atomic E-state index is 0.171. The molecule has 0 saturated carbocycles. The molecule has 0 N–H and O–H groups in total. The number of hydrogen-bond donors (Lipinski definition) is 0. The molecular weight excluding hydrogens is 320 g/mol. The zero-order valence-electron chi connectivity index (χ0n) is 8.88. The molecule has 2 nitrogen and oxygen atoms in total. The van der Waals surface area contributed by atoms with E-state index in [1.165, 1.54) is 6.42 Å². The minimum Gasteiger partial charge on any atom is -0.339 e. The minimum atomic E-state index is -0.390. The Morgan fingerprint density at radius 3 is 2.62 bits per heavy atom. The lowest BCUT2D eigenvalue weighted by Gasteiger charge is -2.26. The van der Waals surface area contributed by atoms with E-state index in [1.54, 1.807) is 23.1 Å². The van der Waals surface area contributed by atoms with E-state index in [0.29, 0.717) is 3.57 Å². The van der Waals surface area contributed by atoms with Crippen LogP contribution < -0.4 is 0 Å². The van der Waals surface area contributed by atoms with Crippen LogP contribution in [0.4, 0.5) is 4.39 Å². The quantitative estimate of drug-likeness (QED) is 0.724. The number of likely N-dealkylation sites (tertiary alicyclic amines) is 1. The maximum atomic E-state index is 13.8. The average molecular weight is 333 g/mol. The number of benzene rings is 1. The third-order valence-corrected chi connectivity index (χ3v) is 3.66. The van der Waals surface area contributed by atoms with E-state index in [9.17, 15) is 9.18 Å². The van der Waals surface area contributed by atoms with Crippen LogP contribution >= 0.6 is 22.6 Å². The molecule has 4 heteroatoms. The Morgan fingerprint density at radius 2 is 1.94 bits per heavy atom. The van der Waals surface area contributed by atoms with Gasteiger partial charge < -0.3 is 4.90 Å². The van der Waals surface area contributed by atoms with Crippen LogP contribution in [0, 0.1) is 9.39 Å². The van der Waals surface area contributed by atoms with E-state index in [0.717, 1.165) is 25.9 Å². The van der Waals surface area contributed by atoms with E-state index >= 15 is 0 Å². The first kappa shape index (κ1) is 11.8. The van der Waals surface area contributed by atoms with Gasteiger partial charge in [-0.1, -0.05) is 6.07 Å². The van der Waals surface area contributed by atoms with Crippen LogP contribution in [0.15, 0.2) is 18.2 Å². The second kappa shape index (κ2) is 5.12. The van der Waals surface area contributed by atoms with Gasteiger partial charge in [0.1, 0.15) is 5.82 Å². The lowest BCUT2D eigenvalue weighted by molar-refractivity contribution is 0.0719. The second-order valence-electron chi connectivity index (χ2n) is 3.95. The van der Waals surface area contributed by atoms with Gasteiger partial charge in [-0.2, -0.15) is 0 Å². The number of nitrogens with zero attached hydrogens (tertiary/aromatic N) is 1. The van der Waals surface area contributed by atoms with Crippen LogP contribution in [0.3, 0.4) is 0 Å². The molecule has 86 valence electrons. The van der Waals surface area contributed by atoms with Crippen molar-refractivity contribution in [1.82, 2.24) is 4.90 Å². The first-order valence-electron chi connectivity index (χ1n) is 5.43. The summed E-state index contributed by atoms with van der Waals surface area (Å²) >= 11 is 1.91. The molecule has 1 aromatic rings. The molecule has 16 heavy (non-hydrogen) atoms. The zero-order chi connectivity index (χ0) is 11.5. The highest BCUT2D eigenvalue weighted by Gasteiger charge is 2.21. The van der Waals surface area contributed by atoms with Crippen molar-refractivity contribution < 1.29 is 9.18 Å². The monoisotopic (exact) mass is 333 g/mol. The van der Waals surface area contributed by atoms with Gasteiger partial charge in [-0.25, -0.2) is 4.39 Å². The molecule has 1 saturated heterocycles. The molecule has 1 amide bonds. The van der Waals surface area contributed by atoms with Gasteiger partial charge in [0.15, 0.2) is 0 Å². The van der Waals surface area contributed by atoms with Crippen molar-refractivity contribution in [3.8, 4) is 0 Å². The smallest absolute Gasteiger partial charge is 0.256 e. The highest BCUT2D eigenvalue weighted by atomic mass is 127. The lowest BCUT2D eigenvalue weighted by Crippen LogP contribution is -2.36. The molecule has 0 spiro atoms. The van der Waals surface area contributed by atoms with Gasteiger partial charge in [0.2, 0.25) is 0 Å². The van der Waals surface area contributed by atoms with Gasteiger partial charge in [0.25, 0.3) is 5.91 Å². The standard InChI is InChI=1S/C12H13FINO/c13-11-9(5-4-6-10(11)14)12(16)15-7-2-1-3-8-15/h4-6H,1-3,7-8H2. The molecule has 1 aliphatic rings. The highest BCUT2D eigenvalue weighted by Crippen LogP contribution is 2.18. The van der Waals surface area contributed by atoms with Gasteiger partial charge >= 0.3 is 0 Å². The first-order valence-corrected chi connectivity index (χ1v) is 6.51. The summed E-state index contributed by atoms with van der Waals surface area (Å²) < 4.78 is 14.3. The molecular formula is C12H13FINO. The molecule has 0 aliphatic carbocycles. The molecule has 0 aromatic heterocycles. The number of piperidine rings is 1. The van der Waals surface area contributed by atoms with E-state index in [2.05, 4.69) is 0 Å². The normalized spacial score (nSPS) is 16.2. The van der Waals surface area contributed by atoms with Crippen LogP contribution in [0.2, 0.25) is 0 Å². The highest BCUT2D eigenvalue weighted by molar-refractivity contribution is 14.1. The van der Waals surface area contributed by atoms with Crippen LogP contribution in [0.5, 0.6) is 0 Å². The summed E-state index contributed by atoms with van der Waals surface area (Å²) in [7, 11) is 0. The topological polar surface area (TPSA) is 20.3 Å². The van der Waals surface area contributed by atoms with Crippen molar-refractivity contribution in [3.05, 3.63) is 33.1 Å². The summed E-state index contributed by atoms with van der Waals surface area (Å²) in [4.78, 5) is 13.8. The average Bonchev–Trinajstić information content (AvgIpc) is 2.33. The summed E-state index contributed by atoms with van der Waals surface area (Å²) in [5, 5.41) is 0. The number of halogens is 2. The lowest BCUT2D eigenvalue weighted by atomic mass is 10.1. The van der Waals surface area contributed by atoms with Gasteiger partial charge in [-0.15, -0.1) is 0 Å². The predicted octanol–water partition coefficient (Wildman–Crippen LogP) is 3.06. The number of rotatable bonds is 1. The summed E-state index contributed by atoms with van der Waals surface area (Å²) in [5.41, 5.74) is 0.203. The molecule has 0 atom stereocenters. The van der Waals surface area contributed by atoms with Gasteiger partial charge in [-0.3, -0.25) is 4.79 Å². The fourth-order valence-corrected chi connectivity index (χ4v) is 2.43. The van der Waals surface area contributed by atoms with Gasteiger partial charge in [0.05, 0.1) is 5.56 Å². The molecule has 0 unspecified atom stereocenters. The van der Waals surface area contributed by atoms with Crippen molar-refractivity contribution in [1.29, 1.82) is 0 Å². The Morgan fingerprint density at radius 1 is 1.25 bits per heavy atom. The molecule has 1 fully saturated rings. The van der Waals surface area contributed by atoms with E-state index < -0.39 is 5.82 Å². The predicted molar refractivity (Wildman–Crippen MR) is 68.9 cm³/mol. The fourth-order valence-electron chi connectivity index (χ4n) is 1.94. The Labute approximate surface area is 108 Å². The van der Waals surface area contributed by atoms with E-state index in [1.807, 2.05) is 22.6 Å². The summed E-state index contributed by atoms with van der Waals surface area (Å²) in [6, 6.07) is 4.96. The van der Waals surface area contributed by atoms with E-state index in [-0.39, 0.29) is 11.5 Å². The molecule has 2 rings (SSSR count). The van der Waals surface area contributed by atoms with Crippen LogP contribution in [-0.4, -0.2) is 23.9 Å². The Hall–Kier alpha value is -0.650. The van der Waals surface area contributed by atoms with Crippen molar-refractivity contribution >= 4 is 28.5 Å². The van der Waals surface area contributed by atoms with Crippen molar-refractivity contribution in [2.24, 2.45) is 0 Å². The summed E-state index contributed by atoms with van der Waals surface area (Å²) in [6.07, 6.45) is 3.22. The maximum Gasteiger partial charge on any atom is 0.256 e. The summed E-state index contributed by atoms with van der Waals surface area (Å²) in [6.45, 7) is 1.51. The third kappa shape index (κ3) is 2.36. The Bertz CT molecular complexity index is 402. The SMILES string of the molecule is O=C(c1cccc(I)c1F)N1CCCCC1. The third-order valence-electron chi connectivity index (χ3n) is 2.83. The molecule has 1 aliphatic heterocycles. The number of carbonyl (C=O) groups excluding carboxylic acids is 1. The maximum absolute atomic E-state index is 13.8. The summed E-state index contributed by atoms with van der Waals surface area (Å²) in [5.74, 6) is -0.561. The van der Waals surface area contributed by atoms with Crippen LogP contribution in [0.1, 0.15) is 29.6 Å². The van der Waals surface area contributed by atoms with Gasteiger partial charge in [0, 0.05) is 16.7 Å². The number of hydrogen-bond acceptors (Lipinski definition) is 1. The van der Waals surface area contributed by atoms with Crippen molar-refractivity contribution in [2.45, 2.75) is 19.3 Å². The Kier molecular flexibility index (Phi) is 3.78. The number of amides is 1. The van der Waals surface area contributed by atoms with E-state index in [4.69, 9.17) is 0 Å². The molecule has 1 heterocycles. The largest absolute Gasteiger partial charge is 0.339 e. The fraction of sp³-hybridized carbons (Fsp3) is 0.417. The van der Waals surface area contributed by atoms with Crippen molar-refractivity contribution in [2.75, 3.05) is 13.1 Å². The molecule has 0 radical (unpaired) electrons. The molecule has 1 aromatic carbocycles. The second-order valence-corrected chi connectivity index (χ2v) is 5.12. The molecule has 0 bridgehead atoms. The van der Waals surface area contributed by atoms with Gasteiger partial charge in [-0.05, 0) is 54.0 Å². The van der Waals surface area contributed by atoms with Crippen LogP contribution in [-0.2, 0) is 0 Å². The number of carbonyl (C=O) groups is 1. The zero-order valence-corrected chi connectivity index (χ0v) is 11.0. The Balaban J connectivity index is 2.22. The first-order chi connectivity index (χ1) is 7.70.